The van der Waals surface area contributed by atoms with E-state index in [2.05, 4.69) is 5.32 Å². The van der Waals surface area contributed by atoms with Crippen LogP contribution in [0.4, 0.5) is 0 Å². The smallest absolute Gasteiger partial charge is 0.244 e. The van der Waals surface area contributed by atoms with Crippen LogP contribution in [0.25, 0.3) is 22.3 Å². The average molecular weight is 379 g/mol. The second-order valence-corrected chi connectivity index (χ2v) is 7.39. The molecular weight excluding hydrogens is 358 g/mol. The van der Waals surface area contributed by atoms with Crippen molar-refractivity contribution in [2.24, 2.45) is 0 Å². The maximum absolute atomic E-state index is 12.3. The predicted octanol–water partition coefficient (Wildman–Crippen LogP) is 3.91. The van der Waals surface area contributed by atoms with E-state index in [1.54, 1.807) is 17.4 Å². The van der Waals surface area contributed by atoms with Crippen LogP contribution in [-0.2, 0) is 9.53 Å². The highest BCUT2D eigenvalue weighted by molar-refractivity contribution is 7.13. The van der Waals surface area contributed by atoms with Crippen molar-refractivity contribution in [2.45, 2.75) is 18.9 Å². The third kappa shape index (κ3) is 4.35. The quantitative estimate of drug-likeness (QED) is 0.684. The summed E-state index contributed by atoms with van der Waals surface area (Å²) in [6.45, 7) is 1.37. The maximum Gasteiger partial charge on any atom is 0.244 e. The molecule has 4 rings (SSSR count). The molecule has 6 heteroatoms. The molecule has 1 aromatic carbocycles. The first-order chi connectivity index (χ1) is 13.3. The van der Waals surface area contributed by atoms with Crippen LogP contribution in [0, 0.1) is 0 Å². The summed E-state index contributed by atoms with van der Waals surface area (Å²) in [4.78, 5) is 13.4. The van der Waals surface area contributed by atoms with Gasteiger partial charge in [0, 0.05) is 24.4 Å². The summed E-state index contributed by atoms with van der Waals surface area (Å²) < 4.78 is 7.26. The summed E-state index contributed by atoms with van der Waals surface area (Å²) in [5, 5.41) is 9.78. The molecule has 0 radical (unpaired) electrons. The molecule has 0 saturated carbocycles. The molecule has 1 atom stereocenters. The molecule has 1 amide bonds. The standard InChI is InChI=1S/C21H21N3O2S/c25-20(22-17-6-4-12-26-15-17)11-10-16-14-24(18-7-2-1-3-8-18)23-21(16)19-9-5-13-27-19/h1-3,5,7-11,13-14,17H,4,6,12,15H2,(H,22,25)/b11-10+. The minimum atomic E-state index is -0.102. The van der Waals surface area contributed by atoms with Crippen molar-refractivity contribution in [3.8, 4) is 16.3 Å². The fourth-order valence-electron chi connectivity index (χ4n) is 3.10. The van der Waals surface area contributed by atoms with E-state index in [0.717, 1.165) is 41.3 Å². The van der Waals surface area contributed by atoms with Crippen LogP contribution in [0.5, 0.6) is 0 Å². The average Bonchev–Trinajstić information content (AvgIpc) is 3.37. The van der Waals surface area contributed by atoms with Gasteiger partial charge < -0.3 is 10.1 Å². The second kappa shape index (κ2) is 8.33. The van der Waals surface area contributed by atoms with Crippen LogP contribution in [0.1, 0.15) is 18.4 Å². The molecular formula is C21H21N3O2S. The molecule has 1 saturated heterocycles. The zero-order valence-electron chi connectivity index (χ0n) is 14.9. The van der Waals surface area contributed by atoms with Gasteiger partial charge in [-0.3, -0.25) is 4.79 Å². The molecule has 3 heterocycles. The summed E-state index contributed by atoms with van der Waals surface area (Å²) in [5.41, 5.74) is 2.77. The molecule has 5 nitrogen and oxygen atoms in total. The Hall–Kier alpha value is -2.70. The lowest BCUT2D eigenvalue weighted by Gasteiger charge is -2.22. The Labute approximate surface area is 162 Å². The van der Waals surface area contributed by atoms with Crippen LogP contribution >= 0.6 is 11.3 Å². The largest absolute Gasteiger partial charge is 0.379 e. The number of carbonyl (C=O) groups excluding carboxylic acids is 1. The zero-order valence-corrected chi connectivity index (χ0v) is 15.7. The van der Waals surface area contributed by atoms with E-state index in [-0.39, 0.29) is 11.9 Å². The molecule has 1 fully saturated rings. The first-order valence-corrected chi connectivity index (χ1v) is 9.93. The highest BCUT2D eigenvalue weighted by atomic mass is 32.1. The summed E-state index contributed by atoms with van der Waals surface area (Å²) in [7, 11) is 0. The van der Waals surface area contributed by atoms with Gasteiger partial charge in [-0.2, -0.15) is 5.10 Å². The van der Waals surface area contributed by atoms with Crippen LogP contribution in [0.2, 0.25) is 0 Å². The fraction of sp³-hybridized carbons (Fsp3) is 0.238. The minimum Gasteiger partial charge on any atom is -0.379 e. The van der Waals surface area contributed by atoms with Gasteiger partial charge in [0.05, 0.1) is 23.2 Å². The third-order valence-corrected chi connectivity index (χ3v) is 5.32. The minimum absolute atomic E-state index is 0.0970. The fourth-order valence-corrected chi connectivity index (χ4v) is 3.83. The summed E-state index contributed by atoms with van der Waals surface area (Å²) in [6.07, 6.45) is 7.32. The lowest BCUT2D eigenvalue weighted by atomic mass is 10.1. The van der Waals surface area contributed by atoms with Crippen molar-refractivity contribution < 1.29 is 9.53 Å². The van der Waals surface area contributed by atoms with Crippen molar-refractivity contribution in [3.05, 3.63) is 65.7 Å². The van der Waals surface area contributed by atoms with E-state index in [4.69, 9.17) is 9.84 Å². The highest BCUT2D eigenvalue weighted by Crippen LogP contribution is 2.28. The number of benzene rings is 1. The SMILES string of the molecule is O=C(/C=C/c1cn(-c2ccccc2)nc1-c1cccs1)NC1CCCOC1. The number of amides is 1. The normalized spacial score (nSPS) is 17.3. The second-order valence-electron chi connectivity index (χ2n) is 6.45. The number of nitrogens with zero attached hydrogens (tertiary/aromatic N) is 2. The van der Waals surface area contributed by atoms with Gasteiger partial charge in [-0.15, -0.1) is 11.3 Å². The molecule has 27 heavy (non-hydrogen) atoms. The Morgan fingerprint density at radius 2 is 2.15 bits per heavy atom. The van der Waals surface area contributed by atoms with E-state index in [9.17, 15) is 4.79 Å². The van der Waals surface area contributed by atoms with E-state index in [1.165, 1.54) is 0 Å². The van der Waals surface area contributed by atoms with Crippen LogP contribution < -0.4 is 5.32 Å². The summed E-state index contributed by atoms with van der Waals surface area (Å²) in [5.74, 6) is -0.102. The van der Waals surface area contributed by atoms with Gasteiger partial charge in [0.1, 0.15) is 5.69 Å². The van der Waals surface area contributed by atoms with E-state index in [1.807, 2.05) is 64.8 Å². The first-order valence-electron chi connectivity index (χ1n) is 9.05. The number of thiophene rings is 1. The van der Waals surface area contributed by atoms with Crippen LogP contribution in [0.3, 0.4) is 0 Å². The van der Waals surface area contributed by atoms with Crippen molar-refractivity contribution in [1.29, 1.82) is 0 Å². The number of para-hydroxylation sites is 1. The van der Waals surface area contributed by atoms with Crippen molar-refractivity contribution >= 4 is 23.3 Å². The van der Waals surface area contributed by atoms with Crippen LogP contribution in [0.15, 0.2) is 60.1 Å². The molecule has 138 valence electrons. The molecule has 0 spiro atoms. The molecule has 0 aliphatic carbocycles. The maximum atomic E-state index is 12.3. The molecule has 2 aromatic heterocycles. The van der Waals surface area contributed by atoms with Gasteiger partial charge in [-0.25, -0.2) is 4.68 Å². The Balaban J connectivity index is 1.57. The number of ether oxygens (including phenoxy) is 1. The van der Waals surface area contributed by atoms with E-state index >= 15 is 0 Å². The van der Waals surface area contributed by atoms with Gasteiger partial charge in [0.15, 0.2) is 0 Å². The summed E-state index contributed by atoms with van der Waals surface area (Å²) in [6, 6.07) is 14.1. The molecule has 1 aliphatic heterocycles. The number of carbonyl (C=O) groups is 1. The molecule has 3 aromatic rings. The summed E-state index contributed by atoms with van der Waals surface area (Å²) >= 11 is 1.63. The molecule has 1 unspecified atom stereocenters. The molecule has 1 aliphatic rings. The number of hydrogen-bond acceptors (Lipinski definition) is 4. The van der Waals surface area contributed by atoms with E-state index < -0.39 is 0 Å². The number of hydrogen-bond donors (Lipinski definition) is 1. The Morgan fingerprint density at radius 1 is 1.26 bits per heavy atom. The van der Waals surface area contributed by atoms with Gasteiger partial charge in [0.25, 0.3) is 0 Å². The van der Waals surface area contributed by atoms with Gasteiger partial charge >= 0.3 is 0 Å². The monoisotopic (exact) mass is 379 g/mol. The van der Waals surface area contributed by atoms with Crippen molar-refractivity contribution in [1.82, 2.24) is 15.1 Å². The first kappa shape index (κ1) is 17.7. The Kier molecular flexibility index (Phi) is 5.46. The zero-order chi connectivity index (χ0) is 18.5. The highest BCUT2D eigenvalue weighted by Gasteiger charge is 2.15. The van der Waals surface area contributed by atoms with Crippen LogP contribution in [-0.4, -0.2) is 34.9 Å². The predicted molar refractivity (Wildman–Crippen MR) is 108 cm³/mol. The van der Waals surface area contributed by atoms with E-state index in [0.29, 0.717) is 6.61 Å². The third-order valence-electron chi connectivity index (χ3n) is 4.44. The van der Waals surface area contributed by atoms with Gasteiger partial charge in [-0.05, 0) is 42.5 Å². The topological polar surface area (TPSA) is 56.2 Å². The number of aromatic nitrogens is 2. The Morgan fingerprint density at radius 3 is 2.89 bits per heavy atom. The number of nitrogens with one attached hydrogen (secondary N) is 1. The van der Waals surface area contributed by atoms with Gasteiger partial charge in [-0.1, -0.05) is 24.3 Å². The molecule has 1 N–H and O–H groups in total. The Bertz CT molecular complexity index is 910. The number of rotatable bonds is 5. The molecule has 0 bridgehead atoms. The van der Waals surface area contributed by atoms with Gasteiger partial charge in [0.2, 0.25) is 5.91 Å². The lowest BCUT2D eigenvalue weighted by molar-refractivity contribution is -0.118. The lowest BCUT2D eigenvalue weighted by Crippen LogP contribution is -2.39. The van der Waals surface area contributed by atoms with Crippen molar-refractivity contribution in [3.63, 3.8) is 0 Å². The van der Waals surface area contributed by atoms with Crippen molar-refractivity contribution in [2.75, 3.05) is 13.2 Å².